The summed E-state index contributed by atoms with van der Waals surface area (Å²) in [7, 11) is 0. The van der Waals surface area contributed by atoms with Crippen LogP contribution >= 0.6 is 0 Å². The average molecular weight is 390 g/mol. The van der Waals surface area contributed by atoms with Gasteiger partial charge in [-0.2, -0.15) is 0 Å². The minimum absolute atomic E-state index is 0.347. The summed E-state index contributed by atoms with van der Waals surface area (Å²) in [6, 6.07) is 7.09. The van der Waals surface area contributed by atoms with E-state index in [-0.39, 0.29) is 5.91 Å². The first-order chi connectivity index (χ1) is 13.4. The topological polar surface area (TPSA) is 107 Å². The predicted molar refractivity (Wildman–Crippen MR) is 105 cm³/mol. The maximum Gasteiger partial charge on any atom is 0.326 e. The molecule has 0 aromatic heterocycles. The Morgan fingerprint density at radius 2 is 1.79 bits per heavy atom. The van der Waals surface area contributed by atoms with Crippen LogP contribution in [0.3, 0.4) is 0 Å². The minimum atomic E-state index is -1.02. The van der Waals surface area contributed by atoms with Crippen LogP contribution in [0, 0.1) is 0 Å². The second-order valence-electron chi connectivity index (χ2n) is 7.39. The van der Waals surface area contributed by atoms with Crippen LogP contribution in [-0.2, 0) is 20.8 Å². The van der Waals surface area contributed by atoms with E-state index < -0.39 is 30.1 Å². The van der Waals surface area contributed by atoms with Crippen LogP contribution in [0.25, 0.3) is 0 Å². The first-order valence-corrected chi connectivity index (χ1v) is 9.96. The molecule has 1 fully saturated rings. The predicted octanol–water partition coefficient (Wildman–Crippen LogP) is 2.30. The van der Waals surface area contributed by atoms with Gasteiger partial charge in [-0.3, -0.25) is 14.9 Å². The number of benzene rings is 1. The number of likely N-dealkylation sites (tertiary alicyclic amines) is 1. The maximum absolute atomic E-state index is 12.9. The molecule has 3 N–H and O–H groups in total. The van der Waals surface area contributed by atoms with Gasteiger partial charge in [0, 0.05) is 6.54 Å². The number of carbonyl (C=O) groups excluding carboxylic acids is 1. The van der Waals surface area contributed by atoms with E-state index in [2.05, 4.69) is 5.32 Å². The van der Waals surface area contributed by atoms with Crippen molar-refractivity contribution in [2.75, 3.05) is 6.54 Å². The number of hydrogen-bond donors (Lipinski definition) is 3. The van der Waals surface area contributed by atoms with Gasteiger partial charge < -0.3 is 15.1 Å². The molecule has 0 spiro atoms. The van der Waals surface area contributed by atoms with Crippen LogP contribution in [0.4, 0.5) is 0 Å². The van der Waals surface area contributed by atoms with Gasteiger partial charge >= 0.3 is 11.9 Å². The molecule has 0 bridgehead atoms. The largest absolute Gasteiger partial charge is 0.480 e. The SMILES string of the molecule is C[C@H](NC(CCc1ccccc1)C(=O)O)C(=O)N1CCCCCCC1C(=O)O. The molecule has 28 heavy (non-hydrogen) atoms. The Hall–Kier alpha value is -2.41. The molecule has 0 aliphatic carbocycles. The highest BCUT2D eigenvalue weighted by molar-refractivity contribution is 5.87. The van der Waals surface area contributed by atoms with E-state index in [0.717, 1.165) is 31.2 Å². The molecule has 154 valence electrons. The zero-order chi connectivity index (χ0) is 20.5. The van der Waals surface area contributed by atoms with Crippen molar-refractivity contribution >= 4 is 17.8 Å². The molecule has 1 aromatic rings. The third-order valence-electron chi connectivity index (χ3n) is 5.26. The number of aliphatic carboxylic acids is 2. The van der Waals surface area contributed by atoms with Gasteiger partial charge in [-0.25, -0.2) is 4.79 Å². The normalized spacial score (nSPS) is 19.9. The molecule has 1 aromatic carbocycles. The molecule has 2 rings (SSSR count). The Morgan fingerprint density at radius 1 is 1.11 bits per heavy atom. The van der Waals surface area contributed by atoms with Crippen LogP contribution in [0.5, 0.6) is 0 Å². The molecule has 2 unspecified atom stereocenters. The molecule has 0 saturated carbocycles. The lowest BCUT2D eigenvalue weighted by molar-refractivity contribution is -0.152. The van der Waals surface area contributed by atoms with Crippen LogP contribution in [0.15, 0.2) is 30.3 Å². The number of rotatable bonds is 8. The van der Waals surface area contributed by atoms with Crippen LogP contribution in [-0.4, -0.2) is 57.6 Å². The first-order valence-electron chi connectivity index (χ1n) is 9.96. The van der Waals surface area contributed by atoms with E-state index in [0.29, 0.717) is 25.8 Å². The summed E-state index contributed by atoms with van der Waals surface area (Å²) in [6.07, 6.45) is 4.83. The number of nitrogens with one attached hydrogen (secondary N) is 1. The van der Waals surface area contributed by atoms with Gasteiger partial charge in [-0.15, -0.1) is 0 Å². The highest BCUT2D eigenvalue weighted by Gasteiger charge is 2.33. The van der Waals surface area contributed by atoms with E-state index in [9.17, 15) is 24.6 Å². The van der Waals surface area contributed by atoms with Crippen LogP contribution in [0.2, 0.25) is 0 Å². The van der Waals surface area contributed by atoms with Crippen LogP contribution in [0.1, 0.15) is 51.0 Å². The summed E-state index contributed by atoms with van der Waals surface area (Å²) in [5.41, 5.74) is 1.03. The van der Waals surface area contributed by atoms with E-state index in [4.69, 9.17) is 0 Å². The molecule has 1 aliphatic rings. The zero-order valence-electron chi connectivity index (χ0n) is 16.3. The van der Waals surface area contributed by atoms with Gasteiger partial charge in [0.05, 0.1) is 6.04 Å². The minimum Gasteiger partial charge on any atom is -0.480 e. The number of hydrogen-bond acceptors (Lipinski definition) is 4. The lowest BCUT2D eigenvalue weighted by Gasteiger charge is -2.33. The first kappa shape index (κ1) is 21.9. The smallest absolute Gasteiger partial charge is 0.326 e. The highest BCUT2D eigenvalue weighted by atomic mass is 16.4. The van der Waals surface area contributed by atoms with Crippen molar-refractivity contribution in [2.45, 2.75) is 70.0 Å². The Bertz CT molecular complexity index is 664. The molecular weight excluding hydrogens is 360 g/mol. The summed E-state index contributed by atoms with van der Waals surface area (Å²) in [6.45, 7) is 2.00. The van der Waals surface area contributed by atoms with E-state index >= 15 is 0 Å². The summed E-state index contributed by atoms with van der Waals surface area (Å²) in [5.74, 6) is -2.36. The molecule has 7 nitrogen and oxygen atoms in total. The van der Waals surface area contributed by atoms with Crippen molar-refractivity contribution in [3.8, 4) is 0 Å². The third-order valence-corrected chi connectivity index (χ3v) is 5.26. The van der Waals surface area contributed by atoms with Gasteiger partial charge in [0.1, 0.15) is 12.1 Å². The van der Waals surface area contributed by atoms with Gasteiger partial charge in [0.2, 0.25) is 5.91 Å². The van der Waals surface area contributed by atoms with Gasteiger partial charge in [-0.1, -0.05) is 49.6 Å². The van der Waals surface area contributed by atoms with Crippen molar-refractivity contribution in [1.29, 1.82) is 0 Å². The molecule has 1 heterocycles. The van der Waals surface area contributed by atoms with Crippen molar-refractivity contribution in [1.82, 2.24) is 10.2 Å². The van der Waals surface area contributed by atoms with E-state index in [1.807, 2.05) is 30.3 Å². The molecule has 1 amide bonds. The molecule has 0 radical (unpaired) electrons. The summed E-state index contributed by atoms with van der Waals surface area (Å²) in [4.78, 5) is 37.6. The number of carbonyl (C=O) groups is 3. The molecule has 1 saturated heterocycles. The monoisotopic (exact) mass is 390 g/mol. The fourth-order valence-electron chi connectivity index (χ4n) is 3.66. The number of nitrogens with zero attached hydrogens (tertiary/aromatic N) is 1. The van der Waals surface area contributed by atoms with Crippen LogP contribution < -0.4 is 5.32 Å². The second-order valence-corrected chi connectivity index (χ2v) is 7.39. The zero-order valence-corrected chi connectivity index (χ0v) is 16.3. The van der Waals surface area contributed by atoms with Crippen molar-refractivity contribution in [3.63, 3.8) is 0 Å². The van der Waals surface area contributed by atoms with E-state index in [1.54, 1.807) is 6.92 Å². The summed E-state index contributed by atoms with van der Waals surface area (Å²) < 4.78 is 0. The Morgan fingerprint density at radius 3 is 2.43 bits per heavy atom. The maximum atomic E-state index is 12.9. The van der Waals surface area contributed by atoms with Gasteiger partial charge in [0.15, 0.2) is 0 Å². The molecule has 1 aliphatic heterocycles. The summed E-state index contributed by atoms with van der Waals surface area (Å²) >= 11 is 0. The van der Waals surface area contributed by atoms with E-state index in [1.165, 1.54) is 4.90 Å². The highest BCUT2D eigenvalue weighted by Crippen LogP contribution is 2.18. The lowest BCUT2D eigenvalue weighted by atomic mass is 10.0. The second kappa shape index (κ2) is 10.8. The van der Waals surface area contributed by atoms with Crippen molar-refractivity contribution in [2.24, 2.45) is 0 Å². The van der Waals surface area contributed by atoms with Gasteiger partial charge in [-0.05, 0) is 38.2 Å². The standard InChI is InChI=1S/C21H30N2O5/c1-15(19(24)23-14-8-3-2-7-11-18(23)21(27)28)22-17(20(25)26)13-12-16-9-5-4-6-10-16/h4-6,9-10,15,17-18,22H,2-3,7-8,11-14H2,1H3,(H,25,26)(H,27,28)/t15-,17?,18?/m0/s1. The van der Waals surface area contributed by atoms with Gasteiger partial charge in [0.25, 0.3) is 0 Å². The summed E-state index contributed by atoms with van der Waals surface area (Å²) in [5, 5.41) is 22.0. The average Bonchev–Trinajstić information content (AvgIpc) is 2.64. The fourth-order valence-corrected chi connectivity index (χ4v) is 3.66. The number of carboxylic acids is 2. The van der Waals surface area contributed by atoms with Crippen molar-refractivity contribution < 1.29 is 24.6 Å². The third kappa shape index (κ3) is 6.34. The lowest BCUT2D eigenvalue weighted by Crippen LogP contribution is -2.55. The number of aryl methyl sites for hydroxylation is 1. The molecular formula is C21H30N2O5. The molecule has 3 atom stereocenters. The number of carboxylic acid groups (broad SMARTS) is 2. The van der Waals surface area contributed by atoms with Crippen molar-refractivity contribution in [3.05, 3.63) is 35.9 Å². The Labute approximate surface area is 165 Å². The fraction of sp³-hybridized carbons (Fsp3) is 0.571. The Balaban J connectivity index is 2.01. The number of amides is 1. The quantitative estimate of drug-likeness (QED) is 0.629. The Kier molecular flexibility index (Phi) is 8.44. The molecule has 7 heteroatoms.